The second kappa shape index (κ2) is 12.3. The second-order valence-corrected chi connectivity index (χ2v) is 10.1. The van der Waals surface area contributed by atoms with E-state index in [0.29, 0.717) is 10.4 Å². The molecule has 0 spiro atoms. The van der Waals surface area contributed by atoms with E-state index in [0.717, 1.165) is 23.7 Å². The van der Waals surface area contributed by atoms with E-state index in [9.17, 15) is 0 Å². The third-order valence-electron chi connectivity index (χ3n) is 8.30. The minimum Gasteiger partial charge on any atom is -0.192 e. The maximum absolute atomic E-state index is 8.63. The van der Waals surface area contributed by atoms with Gasteiger partial charge in [-0.1, -0.05) is 24.3 Å². The van der Waals surface area contributed by atoms with Gasteiger partial charge < -0.3 is 0 Å². The van der Waals surface area contributed by atoms with Crippen LogP contribution in [0.1, 0.15) is 38.5 Å². The molecule has 1 aromatic carbocycles. The van der Waals surface area contributed by atoms with Crippen LogP contribution in [0.4, 0.5) is 0 Å². The van der Waals surface area contributed by atoms with Gasteiger partial charge in [0.25, 0.3) is 0 Å². The summed E-state index contributed by atoms with van der Waals surface area (Å²) in [6, 6.07) is 13.2. The smallest absolute Gasteiger partial charge is 0.136 e. The van der Waals surface area contributed by atoms with Gasteiger partial charge >= 0.3 is 0 Å². The van der Waals surface area contributed by atoms with Gasteiger partial charge in [-0.3, -0.25) is 0 Å². The number of nitriles is 4. The molecule has 5 heteroatoms. The topological polar surface area (TPSA) is 95.2 Å². The summed E-state index contributed by atoms with van der Waals surface area (Å²) in [6.07, 6.45) is 22.5. The van der Waals surface area contributed by atoms with Crippen LogP contribution in [0.25, 0.3) is 11.1 Å². The summed E-state index contributed by atoms with van der Waals surface area (Å²) in [6.45, 7) is 0. The molecule has 6 saturated carbocycles. The van der Waals surface area contributed by atoms with Gasteiger partial charge in [0.05, 0.1) is 0 Å². The van der Waals surface area contributed by atoms with Crippen LogP contribution in [0.3, 0.4) is 0 Å². The molecule has 4 atom stereocenters. The van der Waals surface area contributed by atoms with Gasteiger partial charge in [-0.05, 0) is 124 Å². The minimum atomic E-state index is 0. The first kappa shape index (κ1) is 27.5. The van der Waals surface area contributed by atoms with Crippen LogP contribution in [0.15, 0.2) is 24.3 Å². The van der Waals surface area contributed by atoms with Gasteiger partial charge in [0.2, 0.25) is 0 Å². The number of rotatable bonds is 0. The van der Waals surface area contributed by atoms with Crippen molar-refractivity contribution in [3.05, 3.63) is 96.9 Å². The standard InChI is InChI=1S/C12H4N4.2C10H11.Fe/c13-5-11(6-14)9-1-2-10(4-3-9)12(7-15)8-16;2*1-2-9-7-4-5-8(6-7)10(9)3-1;/h1-4H;2*1-3,7-8H,4-6H2;. The van der Waals surface area contributed by atoms with Crippen LogP contribution in [-0.2, 0) is 17.1 Å². The molecule has 4 bridgehead atoms. The van der Waals surface area contributed by atoms with Crippen molar-refractivity contribution in [3.63, 3.8) is 0 Å². The fourth-order valence-electron chi connectivity index (χ4n) is 6.59. The van der Waals surface area contributed by atoms with Gasteiger partial charge in [-0.2, -0.15) is 21.0 Å². The Hall–Kier alpha value is -2.56. The number of nitrogens with zero attached hydrogens (tertiary/aromatic N) is 4. The van der Waals surface area contributed by atoms with Crippen LogP contribution in [-0.4, -0.2) is 0 Å². The average Bonchev–Trinajstić information content (AvgIpc) is 3.75. The molecule has 0 heterocycles. The van der Waals surface area contributed by atoms with Gasteiger partial charge in [0.1, 0.15) is 35.4 Å². The predicted molar refractivity (Wildman–Crippen MR) is 135 cm³/mol. The van der Waals surface area contributed by atoms with Crippen LogP contribution in [0.2, 0.25) is 0 Å². The monoisotopic (exact) mass is 522 g/mol. The first-order chi connectivity index (χ1) is 17.7. The molecule has 6 fully saturated rings. The Morgan fingerprint density at radius 3 is 1.03 bits per heavy atom. The normalized spacial score (nSPS) is 28.6. The molecule has 0 saturated heterocycles. The van der Waals surface area contributed by atoms with Crippen LogP contribution < -0.4 is 10.4 Å². The summed E-state index contributed by atoms with van der Waals surface area (Å²) in [5, 5.41) is 35.5. The third-order valence-corrected chi connectivity index (χ3v) is 8.30. The summed E-state index contributed by atoms with van der Waals surface area (Å²) in [4.78, 5) is 0. The van der Waals surface area contributed by atoms with Gasteiger partial charge in [-0.25, -0.2) is 0 Å². The van der Waals surface area contributed by atoms with E-state index >= 15 is 0 Å². The SMILES string of the molecule is N#CC(C#N)=c1ccc(=C(C#N)C#N)cc1.[CH]1[CH][C]2[C]([CH]1)C1CCC2C1.[CH]1[CH][C]2[C]([CH]1)C1CCC2C1.[Fe]. The molecular weight excluding hydrogens is 496 g/mol. The number of hydrogen-bond donors (Lipinski definition) is 0. The average molecular weight is 522 g/mol. The van der Waals surface area contributed by atoms with E-state index in [2.05, 4.69) is 38.5 Å². The fraction of sp³-hybridized carbons (Fsp3) is 0.312. The maximum atomic E-state index is 8.63. The fourth-order valence-corrected chi connectivity index (χ4v) is 6.59. The summed E-state index contributed by atoms with van der Waals surface area (Å²) in [7, 11) is 0. The van der Waals surface area contributed by atoms with E-state index in [1.165, 1.54) is 62.8 Å². The molecule has 4 nitrogen and oxygen atoms in total. The summed E-state index contributed by atoms with van der Waals surface area (Å²) < 4.78 is 0. The quantitative estimate of drug-likeness (QED) is 0.470. The molecule has 6 aliphatic rings. The van der Waals surface area contributed by atoms with Crippen molar-refractivity contribution in [1.82, 2.24) is 0 Å². The molecular formula is C32H26FeN4. The second-order valence-electron chi connectivity index (χ2n) is 10.1. The zero-order valence-electron chi connectivity index (χ0n) is 20.5. The molecule has 0 aromatic heterocycles. The molecule has 4 unspecified atom stereocenters. The molecule has 10 radical (unpaired) electrons. The Balaban J connectivity index is 0.000000132. The van der Waals surface area contributed by atoms with E-state index in [-0.39, 0.29) is 28.2 Å². The summed E-state index contributed by atoms with van der Waals surface area (Å²) in [5.74, 6) is 10.5. The van der Waals surface area contributed by atoms with Gasteiger partial charge in [0, 0.05) is 27.5 Å². The molecule has 0 amide bonds. The first-order valence-corrected chi connectivity index (χ1v) is 12.6. The predicted octanol–water partition coefficient (Wildman–Crippen LogP) is 4.46. The Morgan fingerprint density at radius 2 is 0.784 bits per heavy atom. The van der Waals surface area contributed by atoms with E-state index in [1.54, 1.807) is 47.9 Å². The Kier molecular flexibility index (Phi) is 9.15. The van der Waals surface area contributed by atoms with Gasteiger partial charge in [0.15, 0.2) is 0 Å². The van der Waals surface area contributed by atoms with Crippen molar-refractivity contribution in [3.8, 4) is 24.3 Å². The van der Waals surface area contributed by atoms with Crippen molar-refractivity contribution < 1.29 is 17.1 Å². The van der Waals surface area contributed by atoms with E-state index in [4.69, 9.17) is 21.0 Å². The number of fused-ring (bicyclic) bond motifs is 10. The number of hydrogen-bond acceptors (Lipinski definition) is 4. The molecule has 37 heavy (non-hydrogen) atoms. The summed E-state index contributed by atoms with van der Waals surface area (Å²) >= 11 is 0. The molecule has 0 N–H and O–H groups in total. The van der Waals surface area contributed by atoms with E-state index < -0.39 is 0 Å². The Bertz CT molecular complexity index is 1090. The van der Waals surface area contributed by atoms with E-state index in [1.807, 2.05) is 0 Å². The van der Waals surface area contributed by atoms with Crippen LogP contribution in [0, 0.1) is 131 Å². The number of benzene rings is 1. The van der Waals surface area contributed by atoms with Crippen LogP contribution >= 0.6 is 0 Å². The van der Waals surface area contributed by atoms with Gasteiger partial charge in [-0.15, -0.1) is 0 Å². The van der Waals surface area contributed by atoms with Crippen LogP contribution in [0.5, 0.6) is 0 Å². The third kappa shape index (κ3) is 5.51. The molecule has 6 aliphatic carbocycles. The van der Waals surface area contributed by atoms with Crippen molar-refractivity contribution in [1.29, 1.82) is 21.0 Å². The van der Waals surface area contributed by atoms with Crippen molar-refractivity contribution in [2.24, 2.45) is 23.7 Å². The molecule has 182 valence electrons. The Labute approximate surface area is 232 Å². The van der Waals surface area contributed by atoms with Crippen molar-refractivity contribution in [2.75, 3.05) is 0 Å². The summed E-state index contributed by atoms with van der Waals surface area (Å²) in [5.41, 5.74) is 0.00373. The van der Waals surface area contributed by atoms with Crippen molar-refractivity contribution >= 4 is 11.1 Å². The first-order valence-electron chi connectivity index (χ1n) is 12.6. The molecule has 1 aromatic rings. The largest absolute Gasteiger partial charge is 0.192 e. The zero-order valence-corrected chi connectivity index (χ0v) is 21.6. The minimum absolute atomic E-state index is 0. The maximum Gasteiger partial charge on any atom is 0.136 e. The molecule has 7 rings (SSSR count). The zero-order chi connectivity index (χ0) is 25.1. The van der Waals surface area contributed by atoms with Crippen molar-refractivity contribution in [2.45, 2.75) is 38.5 Å². The Morgan fingerprint density at radius 1 is 0.514 bits per heavy atom. The molecule has 0 aliphatic heterocycles.